The summed E-state index contributed by atoms with van der Waals surface area (Å²) in [5.74, 6) is 2.43. The Bertz CT molecular complexity index is 1550. The van der Waals surface area contributed by atoms with Gasteiger partial charge >= 0.3 is 0 Å². The molecule has 0 saturated heterocycles. The fourth-order valence-corrected chi connectivity index (χ4v) is 4.10. The van der Waals surface area contributed by atoms with Gasteiger partial charge in [0, 0.05) is 15.6 Å². The van der Waals surface area contributed by atoms with E-state index in [1.807, 2.05) is 72.8 Å². The number of nitrogens with one attached hydrogen (secondary N) is 1. The average Bonchev–Trinajstić information content (AvgIpc) is 3.50. The van der Waals surface area contributed by atoms with Crippen LogP contribution in [0.2, 0.25) is 0 Å². The van der Waals surface area contributed by atoms with E-state index in [0.29, 0.717) is 17.5 Å². The Hall–Kier alpha value is -3.97. The SMILES string of the molecule is Brc1ccc2cc(-c3nnc(COc4ccc(-c5nc6ccccc6[nH]5)cc4)o3)ccc2c1. The molecule has 0 aliphatic carbocycles. The summed E-state index contributed by atoms with van der Waals surface area (Å²) < 4.78 is 12.7. The molecule has 0 saturated carbocycles. The molecule has 1 N–H and O–H groups in total. The van der Waals surface area contributed by atoms with Gasteiger partial charge < -0.3 is 14.1 Å². The Labute approximate surface area is 197 Å². The fourth-order valence-electron chi connectivity index (χ4n) is 3.72. The largest absolute Gasteiger partial charge is 0.484 e. The van der Waals surface area contributed by atoms with Gasteiger partial charge in [0.25, 0.3) is 5.89 Å². The third-order valence-corrected chi connectivity index (χ3v) is 5.89. The van der Waals surface area contributed by atoms with Gasteiger partial charge in [0.15, 0.2) is 6.61 Å². The third-order valence-electron chi connectivity index (χ3n) is 5.40. The Morgan fingerprint density at radius 3 is 2.48 bits per heavy atom. The Morgan fingerprint density at radius 2 is 1.61 bits per heavy atom. The van der Waals surface area contributed by atoms with Crippen molar-refractivity contribution in [2.75, 3.05) is 0 Å². The molecule has 160 valence electrons. The molecular formula is C26H17BrN4O2. The highest BCUT2D eigenvalue weighted by molar-refractivity contribution is 9.10. The number of rotatable bonds is 5. The van der Waals surface area contributed by atoms with Crippen molar-refractivity contribution in [2.24, 2.45) is 0 Å². The lowest BCUT2D eigenvalue weighted by molar-refractivity contribution is 0.264. The maximum Gasteiger partial charge on any atom is 0.254 e. The first-order valence-electron chi connectivity index (χ1n) is 10.4. The van der Waals surface area contributed by atoms with Gasteiger partial charge in [-0.1, -0.05) is 40.2 Å². The molecule has 0 atom stereocenters. The summed E-state index contributed by atoms with van der Waals surface area (Å²) in [6.45, 7) is 0.192. The van der Waals surface area contributed by atoms with E-state index < -0.39 is 0 Å². The molecule has 0 aliphatic rings. The lowest BCUT2D eigenvalue weighted by atomic mass is 10.1. The molecule has 4 aromatic carbocycles. The van der Waals surface area contributed by atoms with E-state index in [4.69, 9.17) is 9.15 Å². The van der Waals surface area contributed by atoms with Crippen LogP contribution in [-0.2, 0) is 6.61 Å². The minimum Gasteiger partial charge on any atom is -0.484 e. The zero-order chi connectivity index (χ0) is 22.2. The summed E-state index contributed by atoms with van der Waals surface area (Å²) in [7, 11) is 0. The number of aromatic nitrogens is 4. The van der Waals surface area contributed by atoms with E-state index in [9.17, 15) is 0 Å². The average molecular weight is 497 g/mol. The molecule has 0 amide bonds. The topological polar surface area (TPSA) is 76.8 Å². The highest BCUT2D eigenvalue weighted by Crippen LogP contribution is 2.27. The molecule has 0 aliphatic heterocycles. The molecule has 0 unspecified atom stereocenters. The van der Waals surface area contributed by atoms with E-state index in [1.54, 1.807) is 0 Å². The second-order valence-electron chi connectivity index (χ2n) is 7.62. The van der Waals surface area contributed by atoms with Gasteiger partial charge in [0.2, 0.25) is 5.89 Å². The van der Waals surface area contributed by atoms with Gasteiger partial charge in [-0.05, 0) is 71.4 Å². The molecule has 6 nitrogen and oxygen atoms in total. The van der Waals surface area contributed by atoms with Crippen molar-refractivity contribution >= 4 is 37.7 Å². The first kappa shape index (κ1) is 19.7. The van der Waals surface area contributed by atoms with Gasteiger partial charge in [0.05, 0.1) is 11.0 Å². The zero-order valence-electron chi connectivity index (χ0n) is 17.3. The number of hydrogen-bond donors (Lipinski definition) is 1. The maximum absolute atomic E-state index is 5.84. The van der Waals surface area contributed by atoms with Crippen molar-refractivity contribution < 1.29 is 9.15 Å². The number of fused-ring (bicyclic) bond motifs is 2. The van der Waals surface area contributed by atoms with Crippen LogP contribution in [0.15, 0.2) is 93.8 Å². The van der Waals surface area contributed by atoms with Gasteiger partial charge in [-0.2, -0.15) is 0 Å². The predicted molar refractivity (Wildman–Crippen MR) is 131 cm³/mol. The quantitative estimate of drug-likeness (QED) is 0.284. The molecule has 0 radical (unpaired) electrons. The van der Waals surface area contributed by atoms with Crippen molar-refractivity contribution in [1.82, 2.24) is 20.2 Å². The number of ether oxygens (including phenoxy) is 1. The molecule has 0 bridgehead atoms. The number of benzene rings is 4. The van der Waals surface area contributed by atoms with Crippen molar-refractivity contribution in [1.29, 1.82) is 0 Å². The van der Waals surface area contributed by atoms with Crippen LogP contribution in [-0.4, -0.2) is 20.2 Å². The minimum atomic E-state index is 0.192. The Kier molecular flexibility index (Phi) is 4.88. The molecule has 6 rings (SSSR count). The van der Waals surface area contributed by atoms with Crippen LogP contribution in [0.25, 0.3) is 44.6 Å². The van der Waals surface area contributed by atoms with Crippen molar-refractivity contribution in [3.8, 4) is 28.6 Å². The van der Waals surface area contributed by atoms with Crippen LogP contribution in [0.4, 0.5) is 0 Å². The number of hydrogen-bond acceptors (Lipinski definition) is 5. The number of aromatic amines is 1. The second-order valence-corrected chi connectivity index (χ2v) is 8.54. The molecule has 0 fully saturated rings. The number of H-pyrrole nitrogens is 1. The predicted octanol–water partition coefficient (Wildman–Crippen LogP) is 6.77. The molecule has 6 aromatic rings. The van der Waals surface area contributed by atoms with Crippen LogP contribution in [0, 0.1) is 0 Å². The van der Waals surface area contributed by atoms with Crippen molar-refractivity contribution in [3.05, 3.63) is 95.3 Å². The normalized spacial score (nSPS) is 11.3. The number of nitrogens with zero attached hydrogens (tertiary/aromatic N) is 3. The summed E-state index contributed by atoms with van der Waals surface area (Å²) in [6.07, 6.45) is 0. The molecule has 2 heterocycles. The highest BCUT2D eigenvalue weighted by atomic mass is 79.9. The van der Waals surface area contributed by atoms with E-state index in [-0.39, 0.29) is 6.61 Å². The second kappa shape index (κ2) is 8.18. The third kappa shape index (κ3) is 3.99. The van der Waals surface area contributed by atoms with Crippen LogP contribution in [0.1, 0.15) is 5.89 Å². The number of imidazole rings is 1. The molecule has 33 heavy (non-hydrogen) atoms. The summed E-state index contributed by atoms with van der Waals surface area (Å²) >= 11 is 3.50. The Morgan fingerprint density at radius 1 is 0.818 bits per heavy atom. The van der Waals surface area contributed by atoms with Crippen LogP contribution in [0.5, 0.6) is 5.75 Å². The van der Waals surface area contributed by atoms with Crippen LogP contribution >= 0.6 is 15.9 Å². The lowest BCUT2D eigenvalue weighted by Crippen LogP contribution is -1.95. The van der Waals surface area contributed by atoms with E-state index in [1.165, 1.54) is 0 Å². The first-order valence-corrected chi connectivity index (χ1v) is 11.2. The summed E-state index contributed by atoms with van der Waals surface area (Å²) in [5.41, 5.74) is 3.82. The zero-order valence-corrected chi connectivity index (χ0v) is 18.9. The number of para-hydroxylation sites is 2. The van der Waals surface area contributed by atoms with Gasteiger partial charge in [-0.25, -0.2) is 4.98 Å². The molecule has 7 heteroatoms. The van der Waals surface area contributed by atoms with Crippen LogP contribution in [0.3, 0.4) is 0 Å². The van der Waals surface area contributed by atoms with E-state index >= 15 is 0 Å². The van der Waals surface area contributed by atoms with Crippen LogP contribution < -0.4 is 4.74 Å². The first-order chi connectivity index (χ1) is 16.2. The summed E-state index contributed by atoms with van der Waals surface area (Å²) in [6, 6.07) is 27.9. The smallest absolute Gasteiger partial charge is 0.254 e. The fraction of sp³-hybridized carbons (Fsp3) is 0.0385. The molecule has 2 aromatic heterocycles. The molecule has 0 spiro atoms. The molecular weight excluding hydrogens is 480 g/mol. The van der Waals surface area contributed by atoms with Gasteiger partial charge in [0.1, 0.15) is 11.6 Å². The summed E-state index contributed by atoms with van der Waals surface area (Å²) in [5, 5.41) is 10.6. The van der Waals surface area contributed by atoms with Crippen molar-refractivity contribution in [3.63, 3.8) is 0 Å². The van der Waals surface area contributed by atoms with Gasteiger partial charge in [-0.3, -0.25) is 0 Å². The van der Waals surface area contributed by atoms with Gasteiger partial charge in [-0.15, -0.1) is 10.2 Å². The maximum atomic E-state index is 5.84. The minimum absolute atomic E-state index is 0.192. The lowest BCUT2D eigenvalue weighted by Gasteiger charge is -2.04. The summed E-state index contributed by atoms with van der Waals surface area (Å²) in [4.78, 5) is 7.96. The number of halogens is 1. The monoisotopic (exact) mass is 496 g/mol. The van der Waals surface area contributed by atoms with E-state index in [2.05, 4.69) is 48.2 Å². The van der Waals surface area contributed by atoms with Crippen molar-refractivity contribution in [2.45, 2.75) is 6.61 Å². The van der Waals surface area contributed by atoms with E-state index in [0.717, 1.165) is 43.2 Å². The highest BCUT2D eigenvalue weighted by Gasteiger charge is 2.11. The standard InChI is InChI=1S/C26H17BrN4O2/c27-20-10-7-17-13-19(6-5-18(17)14-20)26-31-30-24(33-26)15-32-21-11-8-16(9-12-21)25-28-22-3-1-2-4-23(22)29-25/h1-14H,15H2,(H,28,29). The Balaban J connectivity index is 1.15.